The molecule has 4 aromatic carbocycles. The van der Waals surface area contributed by atoms with Gasteiger partial charge in [0.15, 0.2) is 0 Å². The second-order valence-electron chi connectivity index (χ2n) is 15.6. The molecule has 56 heavy (non-hydrogen) atoms. The highest BCUT2D eigenvalue weighted by atomic mass is 16.5. The second kappa shape index (κ2) is 16.2. The van der Waals surface area contributed by atoms with Gasteiger partial charge in [-0.15, -0.1) is 0 Å². The minimum absolute atomic E-state index is 0.141. The minimum atomic E-state index is -1.32. The molecule has 292 valence electrons. The first kappa shape index (κ1) is 38.6. The fourth-order valence-corrected chi connectivity index (χ4v) is 7.93. The molecule has 2 amide bonds. The van der Waals surface area contributed by atoms with Crippen molar-refractivity contribution in [1.29, 1.82) is 0 Å². The molecule has 0 aromatic heterocycles. The maximum absolute atomic E-state index is 13.3. The third-order valence-electron chi connectivity index (χ3n) is 11.6. The molecule has 0 aliphatic heterocycles. The maximum atomic E-state index is 13.3. The van der Waals surface area contributed by atoms with Gasteiger partial charge in [0, 0.05) is 25.7 Å². The topological polar surface area (TPSA) is 140 Å². The van der Waals surface area contributed by atoms with E-state index in [2.05, 4.69) is 10.6 Å². The number of carbonyl (C=O) groups excluding carboxylic acids is 3. The van der Waals surface area contributed by atoms with E-state index in [1.165, 1.54) is 0 Å². The molecule has 4 aliphatic carbocycles. The van der Waals surface area contributed by atoms with Crippen LogP contribution in [0.5, 0.6) is 11.5 Å². The summed E-state index contributed by atoms with van der Waals surface area (Å²) in [6, 6.07) is 26.5. The van der Waals surface area contributed by atoms with E-state index in [0.29, 0.717) is 35.5 Å². The zero-order chi connectivity index (χ0) is 39.5. The summed E-state index contributed by atoms with van der Waals surface area (Å²) in [6.45, 7) is 5.90. The van der Waals surface area contributed by atoms with Crippen molar-refractivity contribution in [3.05, 3.63) is 129 Å². The molecule has 0 saturated heterocycles. The Kier molecular flexibility index (Phi) is 11.2. The number of carboxylic acids is 1. The van der Waals surface area contributed by atoms with Crippen LogP contribution in [-0.2, 0) is 40.0 Å². The summed E-state index contributed by atoms with van der Waals surface area (Å²) in [5.41, 5.74) is 4.33. The average Bonchev–Trinajstić information content (AvgIpc) is 3.72. The first-order chi connectivity index (χ1) is 27.0. The largest absolute Gasteiger partial charge is 0.489 e. The molecule has 10 nitrogen and oxygen atoms in total. The highest BCUT2D eigenvalue weighted by Gasteiger charge is 2.47. The zero-order valence-corrected chi connectivity index (χ0v) is 32.3. The molecule has 4 aliphatic rings. The number of carboxylic acid groups (broad SMARTS) is 1. The number of aliphatic carboxylic acids is 1. The average molecular weight is 759 g/mol. The number of rotatable bonds is 11. The molecule has 4 aromatic rings. The predicted octanol–water partition coefficient (Wildman–Crippen LogP) is 7.04. The van der Waals surface area contributed by atoms with E-state index < -0.39 is 28.9 Å². The summed E-state index contributed by atoms with van der Waals surface area (Å²) in [5, 5.41) is 15.7. The molecule has 2 fully saturated rings. The predicted molar refractivity (Wildman–Crippen MR) is 211 cm³/mol. The van der Waals surface area contributed by atoms with Gasteiger partial charge in [-0.3, -0.25) is 9.59 Å². The summed E-state index contributed by atoms with van der Waals surface area (Å²) in [7, 11) is 0. The van der Waals surface area contributed by atoms with Gasteiger partial charge in [-0.1, -0.05) is 72.8 Å². The van der Waals surface area contributed by atoms with Crippen molar-refractivity contribution in [2.24, 2.45) is 0 Å². The Balaban J connectivity index is 0.000000172. The lowest BCUT2D eigenvalue weighted by molar-refractivity contribution is -0.150. The number of para-hydroxylation sites is 2. The lowest BCUT2D eigenvalue weighted by Crippen LogP contribution is -2.56. The summed E-state index contributed by atoms with van der Waals surface area (Å²) >= 11 is 0. The van der Waals surface area contributed by atoms with Crippen molar-refractivity contribution in [2.45, 2.75) is 108 Å². The number of amides is 2. The van der Waals surface area contributed by atoms with Gasteiger partial charge < -0.3 is 30.0 Å². The SMILES string of the molecule is CCOC(=O)C1(NC(=O)c2cccc(C)c2OC2CCC2)Cc2ccccc2C1.Cc1cccc(C(=O)NC2(C(=O)O)Cc3ccccc3C2)c1OC1CCC1. The number of benzene rings is 4. The van der Waals surface area contributed by atoms with Gasteiger partial charge in [-0.05, 0) is 105 Å². The van der Waals surface area contributed by atoms with Gasteiger partial charge in [0.2, 0.25) is 0 Å². The molecule has 0 radical (unpaired) electrons. The molecule has 0 unspecified atom stereocenters. The Labute approximate surface area is 327 Å². The standard InChI is InChI=1S/C24H27NO4.C22H23NO4/c1-3-28-23(27)24(14-17-9-4-5-10-18(17)15-24)25-22(26)20-13-6-8-16(2)21(20)29-19-11-7-12-19;1-14-6-4-11-18(19(14)27-17-9-5-10-17)20(24)23-22(21(25)26)12-15-7-2-3-8-16(15)13-22/h4-6,8-10,13,19H,3,7,11-12,14-15H2,1-2H3,(H,25,26);2-4,6-8,11,17H,5,9-10,12-13H2,1H3,(H,23,24)(H,25,26). The van der Waals surface area contributed by atoms with E-state index in [1.807, 2.05) is 80.6 Å². The summed E-state index contributed by atoms with van der Waals surface area (Å²) < 4.78 is 17.5. The summed E-state index contributed by atoms with van der Waals surface area (Å²) in [4.78, 5) is 51.4. The van der Waals surface area contributed by atoms with Crippen LogP contribution in [0.25, 0.3) is 0 Å². The first-order valence-electron chi connectivity index (χ1n) is 19.7. The fraction of sp³-hybridized carbons (Fsp3) is 0.391. The third-order valence-corrected chi connectivity index (χ3v) is 11.6. The van der Waals surface area contributed by atoms with Crippen LogP contribution in [0.3, 0.4) is 0 Å². The van der Waals surface area contributed by atoms with E-state index >= 15 is 0 Å². The number of fused-ring (bicyclic) bond motifs is 2. The van der Waals surface area contributed by atoms with Crippen molar-refractivity contribution >= 4 is 23.8 Å². The Hall–Kier alpha value is -5.64. The smallest absolute Gasteiger partial charge is 0.332 e. The van der Waals surface area contributed by atoms with Gasteiger partial charge in [0.1, 0.15) is 22.6 Å². The molecule has 3 N–H and O–H groups in total. The second-order valence-corrected chi connectivity index (χ2v) is 15.6. The van der Waals surface area contributed by atoms with E-state index in [-0.39, 0.29) is 37.6 Å². The molecular weight excluding hydrogens is 709 g/mol. The van der Waals surface area contributed by atoms with Crippen LogP contribution in [-0.4, -0.2) is 58.8 Å². The molecular formula is C46H50N2O8. The maximum Gasteiger partial charge on any atom is 0.332 e. The van der Waals surface area contributed by atoms with Crippen molar-refractivity contribution in [1.82, 2.24) is 10.6 Å². The lowest BCUT2D eigenvalue weighted by atomic mass is 9.94. The molecule has 10 heteroatoms. The number of hydrogen-bond acceptors (Lipinski definition) is 7. The number of nitrogens with one attached hydrogen (secondary N) is 2. The van der Waals surface area contributed by atoms with Gasteiger partial charge in [0.25, 0.3) is 11.8 Å². The van der Waals surface area contributed by atoms with E-state index in [0.717, 1.165) is 71.9 Å². The van der Waals surface area contributed by atoms with Crippen LogP contribution in [0.4, 0.5) is 0 Å². The minimum Gasteiger partial charge on any atom is -0.489 e. The van der Waals surface area contributed by atoms with Crippen LogP contribution < -0.4 is 20.1 Å². The fourth-order valence-electron chi connectivity index (χ4n) is 7.93. The van der Waals surface area contributed by atoms with Crippen LogP contribution in [0.15, 0.2) is 84.9 Å². The van der Waals surface area contributed by atoms with Crippen molar-refractivity contribution in [3.8, 4) is 11.5 Å². The summed E-state index contributed by atoms with van der Waals surface area (Å²) in [6.07, 6.45) is 8.03. The lowest BCUT2D eigenvalue weighted by Gasteiger charge is -2.30. The normalized spacial score (nSPS) is 17.4. The monoisotopic (exact) mass is 758 g/mol. The molecule has 8 rings (SSSR count). The Morgan fingerprint density at radius 1 is 0.607 bits per heavy atom. The van der Waals surface area contributed by atoms with Crippen LogP contribution in [0.2, 0.25) is 0 Å². The van der Waals surface area contributed by atoms with Crippen molar-refractivity contribution < 1.29 is 38.5 Å². The van der Waals surface area contributed by atoms with Crippen LogP contribution >= 0.6 is 0 Å². The van der Waals surface area contributed by atoms with Gasteiger partial charge in [-0.2, -0.15) is 0 Å². The highest BCUT2D eigenvalue weighted by Crippen LogP contribution is 2.36. The Morgan fingerprint density at radius 2 is 1.00 bits per heavy atom. The van der Waals surface area contributed by atoms with Crippen LogP contribution in [0, 0.1) is 13.8 Å². The summed E-state index contributed by atoms with van der Waals surface area (Å²) in [5.74, 6) is -0.924. The number of ether oxygens (including phenoxy) is 3. The van der Waals surface area contributed by atoms with E-state index in [1.54, 1.807) is 25.1 Å². The van der Waals surface area contributed by atoms with E-state index in [4.69, 9.17) is 14.2 Å². The van der Waals surface area contributed by atoms with Crippen molar-refractivity contribution in [2.75, 3.05) is 6.61 Å². The number of hydrogen-bond donors (Lipinski definition) is 3. The quantitative estimate of drug-likeness (QED) is 0.139. The molecule has 2 saturated carbocycles. The van der Waals surface area contributed by atoms with E-state index in [9.17, 15) is 24.3 Å². The zero-order valence-electron chi connectivity index (χ0n) is 32.3. The molecule has 0 atom stereocenters. The number of carbonyl (C=O) groups is 4. The molecule has 0 heterocycles. The van der Waals surface area contributed by atoms with Gasteiger partial charge in [0.05, 0.1) is 29.9 Å². The van der Waals surface area contributed by atoms with Crippen LogP contribution in [0.1, 0.15) is 99.5 Å². The first-order valence-corrected chi connectivity index (χ1v) is 19.7. The van der Waals surface area contributed by atoms with Gasteiger partial charge >= 0.3 is 11.9 Å². The van der Waals surface area contributed by atoms with Crippen molar-refractivity contribution in [3.63, 3.8) is 0 Å². The molecule has 0 bridgehead atoms. The third kappa shape index (κ3) is 7.88. The molecule has 0 spiro atoms. The highest BCUT2D eigenvalue weighted by molar-refractivity contribution is 6.02. The Morgan fingerprint density at radius 3 is 1.36 bits per heavy atom. The number of esters is 1. The van der Waals surface area contributed by atoms with Gasteiger partial charge in [-0.25, -0.2) is 9.59 Å². The Bertz CT molecular complexity index is 2090. The number of aryl methyl sites for hydroxylation is 2.